The minimum Gasteiger partial charge on any atom is -0.484 e. The lowest BCUT2D eigenvalue weighted by Crippen LogP contribution is -2.16. The second-order valence-corrected chi connectivity index (χ2v) is 11.8. The van der Waals surface area contributed by atoms with Crippen molar-refractivity contribution in [3.8, 4) is 17.2 Å². The van der Waals surface area contributed by atoms with Gasteiger partial charge in [0.1, 0.15) is 27.8 Å². The van der Waals surface area contributed by atoms with Gasteiger partial charge in [-0.3, -0.25) is 0 Å². The molecule has 0 unspecified atom stereocenters. The van der Waals surface area contributed by atoms with Gasteiger partial charge in [-0.1, -0.05) is 47.5 Å². The smallest absolute Gasteiger partial charge is 0.339 e. The fraction of sp³-hybridized carbons (Fsp3) is 0.107. The number of benzene rings is 4. The Labute approximate surface area is 230 Å². The van der Waals surface area contributed by atoms with Gasteiger partial charge in [0.15, 0.2) is 11.5 Å². The maximum atomic E-state index is 13.3. The number of hydrogen-bond acceptors (Lipinski definition) is 8. The lowest BCUT2D eigenvalue weighted by atomic mass is 10.1. The first kappa shape index (κ1) is 28.6. The molecular formula is C28H23FO9S2. The Hall–Kier alpha value is -4.42. The van der Waals surface area contributed by atoms with Gasteiger partial charge in [0, 0.05) is 0 Å². The number of carboxylic acid groups (broad SMARTS) is 1. The molecule has 1 N–H and O–H groups in total. The first-order valence-corrected chi connectivity index (χ1v) is 14.5. The lowest BCUT2D eigenvalue weighted by molar-refractivity contribution is 0.0691. The van der Waals surface area contributed by atoms with Crippen molar-refractivity contribution in [1.29, 1.82) is 0 Å². The summed E-state index contributed by atoms with van der Waals surface area (Å²) in [4.78, 5) is 11.5. The molecule has 9 nitrogen and oxygen atoms in total. The van der Waals surface area contributed by atoms with Crippen molar-refractivity contribution in [2.45, 2.75) is 30.2 Å². The summed E-state index contributed by atoms with van der Waals surface area (Å²) in [5, 5.41) is 9.80. The van der Waals surface area contributed by atoms with E-state index in [2.05, 4.69) is 0 Å². The normalized spacial score (nSPS) is 11.6. The molecule has 0 amide bonds. The maximum Gasteiger partial charge on any atom is 0.339 e. The lowest BCUT2D eigenvalue weighted by Gasteiger charge is -2.18. The summed E-state index contributed by atoms with van der Waals surface area (Å²) in [5.41, 5.74) is 1.43. The first-order chi connectivity index (χ1) is 18.9. The van der Waals surface area contributed by atoms with E-state index in [1.807, 2.05) is 0 Å². The highest BCUT2D eigenvalue weighted by Crippen LogP contribution is 2.43. The summed E-state index contributed by atoms with van der Waals surface area (Å²) < 4.78 is 82.1. The van der Waals surface area contributed by atoms with E-state index in [1.165, 1.54) is 48.5 Å². The fourth-order valence-electron chi connectivity index (χ4n) is 3.47. The number of rotatable bonds is 10. The minimum absolute atomic E-state index is 0.235. The Balaban J connectivity index is 1.84. The highest BCUT2D eigenvalue weighted by atomic mass is 32.2. The van der Waals surface area contributed by atoms with E-state index in [0.717, 1.165) is 35.4 Å². The Morgan fingerprint density at radius 2 is 1.20 bits per heavy atom. The highest BCUT2D eigenvalue weighted by molar-refractivity contribution is 7.87. The topological polar surface area (TPSA) is 133 Å². The first-order valence-electron chi connectivity index (χ1n) is 11.7. The van der Waals surface area contributed by atoms with Crippen molar-refractivity contribution >= 4 is 26.2 Å². The molecule has 208 valence electrons. The zero-order chi connectivity index (χ0) is 29.1. The Morgan fingerprint density at radius 1 is 0.700 bits per heavy atom. The highest BCUT2D eigenvalue weighted by Gasteiger charge is 2.30. The summed E-state index contributed by atoms with van der Waals surface area (Å²) in [6.07, 6.45) is 0. The third-order valence-corrected chi connectivity index (χ3v) is 8.10. The summed E-state index contributed by atoms with van der Waals surface area (Å²) >= 11 is 0. The van der Waals surface area contributed by atoms with E-state index < -0.39 is 54.8 Å². The number of aromatic carboxylic acids is 1. The molecule has 0 saturated heterocycles. The third-order valence-electron chi connectivity index (χ3n) is 5.61. The SMILES string of the molecule is Cc1ccc(S(=O)(=O)Oc2ccc(C(=O)O)c(OCc3ccc(F)cc3)c2OS(=O)(=O)c2ccc(C)cc2)cc1. The molecule has 0 atom stereocenters. The third kappa shape index (κ3) is 6.58. The molecule has 4 aromatic carbocycles. The van der Waals surface area contributed by atoms with Gasteiger partial charge >= 0.3 is 26.2 Å². The van der Waals surface area contributed by atoms with Crippen LogP contribution < -0.4 is 13.1 Å². The Bertz CT molecular complexity index is 1750. The molecular weight excluding hydrogens is 563 g/mol. The predicted molar refractivity (Wildman–Crippen MR) is 142 cm³/mol. The van der Waals surface area contributed by atoms with Crippen LogP contribution in [0.4, 0.5) is 4.39 Å². The van der Waals surface area contributed by atoms with Crippen LogP contribution in [0.25, 0.3) is 0 Å². The largest absolute Gasteiger partial charge is 0.484 e. The molecule has 0 radical (unpaired) electrons. The molecule has 40 heavy (non-hydrogen) atoms. The van der Waals surface area contributed by atoms with Gasteiger partial charge in [0.2, 0.25) is 5.75 Å². The van der Waals surface area contributed by atoms with E-state index in [9.17, 15) is 31.1 Å². The van der Waals surface area contributed by atoms with Gasteiger partial charge in [-0.15, -0.1) is 0 Å². The molecule has 0 aliphatic heterocycles. The maximum absolute atomic E-state index is 13.3. The summed E-state index contributed by atoms with van der Waals surface area (Å²) in [6, 6.07) is 18.3. The van der Waals surface area contributed by atoms with Crippen LogP contribution >= 0.6 is 0 Å². The average molecular weight is 587 g/mol. The quantitative estimate of drug-likeness (QED) is 0.247. The van der Waals surface area contributed by atoms with E-state index in [0.29, 0.717) is 5.56 Å². The zero-order valence-electron chi connectivity index (χ0n) is 21.2. The molecule has 0 bridgehead atoms. The van der Waals surface area contributed by atoms with Gasteiger partial charge in [-0.2, -0.15) is 16.8 Å². The second kappa shape index (κ2) is 11.4. The second-order valence-electron chi connectivity index (χ2n) is 8.69. The van der Waals surface area contributed by atoms with E-state index in [1.54, 1.807) is 26.0 Å². The fourth-order valence-corrected chi connectivity index (χ4v) is 5.35. The number of carbonyl (C=O) groups is 1. The molecule has 0 heterocycles. The number of halogens is 1. The summed E-state index contributed by atoms with van der Waals surface area (Å²) in [5.74, 6) is -4.06. The van der Waals surface area contributed by atoms with Crippen LogP contribution in [0.1, 0.15) is 27.0 Å². The Kier molecular flexibility index (Phi) is 8.12. The van der Waals surface area contributed by atoms with Crippen molar-refractivity contribution in [3.63, 3.8) is 0 Å². The molecule has 0 aliphatic rings. The number of carboxylic acids is 1. The number of hydrogen-bond donors (Lipinski definition) is 1. The average Bonchev–Trinajstić information content (AvgIpc) is 2.89. The van der Waals surface area contributed by atoms with Crippen molar-refractivity contribution < 1.29 is 44.2 Å². The Morgan fingerprint density at radius 3 is 1.70 bits per heavy atom. The zero-order valence-corrected chi connectivity index (χ0v) is 22.8. The van der Waals surface area contributed by atoms with Crippen LogP contribution in [0, 0.1) is 19.7 Å². The van der Waals surface area contributed by atoms with E-state index in [-0.39, 0.29) is 16.4 Å². The predicted octanol–water partition coefficient (Wildman–Crippen LogP) is 5.26. The monoisotopic (exact) mass is 586 g/mol. The van der Waals surface area contributed by atoms with Crippen LogP contribution in [0.15, 0.2) is 94.7 Å². The van der Waals surface area contributed by atoms with Gasteiger partial charge < -0.3 is 18.2 Å². The van der Waals surface area contributed by atoms with Crippen molar-refractivity contribution in [3.05, 3.63) is 113 Å². The summed E-state index contributed by atoms with van der Waals surface area (Å²) in [6.45, 7) is 3.17. The molecule has 0 spiro atoms. The van der Waals surface area contributed by atoms with Gasteiger partial charge in [-0.25, -0.2) is 9.18 Å². The molecule has 0 aromatic heterocycles. The minimum atomic E-state index is -4.63. The number of aryl methyl sites for hydroxylation is 2. The molecule has 4 rings (SSSR count). The van der Waals surface area contributed by atoms with Crippen molar-refractivity contribution in [2.24, 2.45) is 0 Å². The van der Waals surface area contributed by atoms with E-state index >= 15 is 0 Å². The van der Waals surface area contributed by atoms with Crippen molar-refractivity contribution in [1.82, 2.24) is 0 Å². The molecule has 0 saturated carbocycles. The molecule has 0 aliphatic carbocycles. The van der Waals surface area contributed by atoms with Crippen LogP contribution in [-0.4, -0.2) is 27.9 Å². The van der Waals surface area contributed by atoms with E-state index in [4.69, 9.17) is 13.1 Å². The molecule has 0 fully saturated rings. The molecule has 12 heteroatoms. The molecule has 4 aromatic rings. The van der Waals surface area contributed by atoms with Gasteiger partial charge in [0.05, 0.1) is 0 Å². The van der Waals surface area contributed by atoms with Crippen LogP contribution in [0.2, 0.25) is 0 Å². The van der Waals surface area contributed by atoms with Gasteiger partial charge in [0.25, 0.3) is 0 Å². The summed E-state index contributed by atoms with van der Waals surface area (Å²) in [7, 11) is -9.15. The van der Waals surface area contributed by atoms with Crippen LogP contribution in [-0.2, 0) is 26.8 Å². The number of ether oxygens (including phenoxy) is 1. The van der Waals surface area contributed by atoms with Crippen LogP contribution in [0.5, 0.6) is 17.2 Å². The van der Waals surface area contributed by atoms with Crippen molar-refractivity contribution in [2.75, 3.05) is 0 Å². The standard InChI is InChI=1S/C28H23FO9S2/c1-18-3-11-22(12-4-18)39(32,33)37-25-16-15-24(28(30)31)26(36-17-20-7-9-21(29)10-8-20)27(25)38-40(34,35)23-13-5-19(2)6-14-23/h3-16H,17H2,1-2H3,(H,30,31). The van der Waals surface area contributed by atoms with Crippen LogP contribution in [0.3, 0.4) is 0 Å². The van der Waals surface area contributed by atoms with Gasteiger partial charge in [-0.05, 0) is 67.9 Å².